The first-order chi connectivity index (χ1) is 28.3. The van der Waals surface area contributed by atoms with Gasteiger partial charge in [-0.25, -0.2) is 0 Å². The molecule has 2 aliphatic rings. The van der Waals surface area contributed by atoms with Crippen molar-refractivity contribution in [2.75, 3.05) is 4.90 Å². The maximum absolute atomic E-state index is 6.33. The van der Waals surface area contributed by atoms with Gasteiger partial charge in [0, 0.05) is 38.4 Å². The molecule has 2 aliphatic carbocycles. The topological polar surface area (TPSA) is 16.4 Å². The quantitative estimate of drug-likeness (QED) is 0.178. The van der Waals surface area contributed by atoms with Crippen molar-refractivity contribution in [2.45, 2.75) is 38.5 Å². The van der Waals surface area contributed by atoms with E-state index in [1.54, 1.807) is 0 Å². The lowest BCUT2D eigenvalue weighted by atomic mass is 9.79. The molecule has 0 saturated heterocycles. The van der Waals surface area contributed by atoms with Gasteiger partial charge in [-0.05, 0) is 109 Å². The zero-order valence-corrected chi connectivity index (χ0v) is 33.1. The van der Waals surface area contributed by atoms with E-state index in [4.69, 9.17) is 4.42 Å². The normalized spacial score (nSPS) is 14.5. The molecule has 1 heterocycles. The third kappa shape index (κ3) is 4.49. The average molecular weight is 744 g/mol. The van der Waals surface area contributed by atoms with Crippen LogP contribution in [0.4, 0.5) is 17.1 Å². The smallest absolute Gasteiger partial charge is 0.136 e. The minimum atomic E-state index is -0.188. The largest absolute Gasteiger partial charge is 0.456 e. The van der Waals surface area contributed by atoms with Crippen LogP contribution in [0.2, 0.25) is 0 Å². The number of rotatable bonds is 4. The Hall–Kier alpha value is -6.90. The van der Waals surface area contributed by atoms with Crippen molar-refractivity contribution in [2.24, 2.45) is 0 Å². The Balaban J connectivity index is 1.16. The van der Waals surface area contributed by atoms with Gasteiger partial charge in [0.2, 0.25) is 0 Å². The molecule has 0 fully saturated rings. The second-order valence-electron chi connectivity index (χ2n) is 17.3. The van der Waals surface area contributed by atoms with Crippen molar-refractivity contribution in [3.8, 4) is 33.4 Å². The summed E-state index contributed by atoms with van der Waals surface area (Å²) in [6.07, 6.45) is 0. The minimum absolute atomic E-state index is 0.188. The molecule has 58 heavy (non-hydrogen) atoms. The summed E-state index contributed by atoms with van der Waals surface area (Å²) in [4.78, 5) is 2.58. The highest BCUT2D eigenvalue weighted by Gasteiger charge is 2.42. The fourth-order valence-corrected chi connectivity index (χ4v) is 10.7. The summed E-state index contributed by atoms with van der Waals surface area (Å²) in [5, 5.41) is 7.41. The molecule has 1 aromatic heterocycles. The Labute approximate surface area is 338 Å². The lowest BCUT2D eigenvalue weighted by Gasteiger charge is -2.33. The van der Waals surface area contributed by atoms with E-state index in [1.165, 1.54) is 77.4 Å². The highest BCUT2D eigenvalue weighted by molar-refractivity contribution is 6.11. The Morgan fingerprint density at radius 1 is 0.397 bits per heavy atom. The molecule has 2 heteroatoms. The molecule has 0 bridgehead atoms. The van der Waals surface area contributed by atoms with E-state index < -0.39 is 0 Å². The second-order valence-corrected chi connectivity index (χ2v) is 17.3. The SMILES string of the molecule is CC1(C)c2ccccc2-c2c(N(c3ccc(-c4ccc5c(c4)oc4ccccc45)cc3)c3cc4ccccc4c4c3-c3ccccc3C4(C)C)cc3ccccc3c21. The van der Waals surface area contributed by atoms with Gasteiger partial charge >= 0.3 is 0 Å². The van der Waals surface area contributed by atoms with E-state index in [0.29, 0.717) is 0 Å². The van der Waals surface area contributed by atoms with Gasteiger partial charge in [-0.3, -0.25) is 0 Å². The summed E-state index contributed by atoms with van der Waals surface area (Å²) < 4.78 is 6.33. The van der Waals surface area contributed by atoms with Crippen LogP contribution in [0, 0.1) is 0 Å². The van der Waals surface area contributed by atoms with Crippen molar-refractivity contribution < 1.29 is 4.42 Å². The van der Waals surface area contributed by atoms with Gasteiger partial charge in [-0.2, -0.15) is 0 Å². The van der Waals surface area contributed by atoms with Crippen LogP contribution >= 0.6 is 0 Å². The molecular weight excluding hydrogens is 703 g/mol. The predicted molar refractivity (Wildman–Crippen MR) is 244 cm³/mol. The first-order valence-electron chi connectivity index (χ1n) is 20.4. The van der Waals surface area contributed by atoms with E-state index in [2.05, 4.69) is 196 Å². The number of para-hydroxylation sites is 1. The number of fused-ring (bicyclic) bond motifs is 13. The third-order valence-electron chi connectivity index (χ3n) is 13.4. The molecular formula is C56H41NO. The molecule has 10 aromatic rings. The number of anilines is 3. The van der Waals surface area contributed by atoms with Crippen LogP contribution in [0.3, 0.4) is 0 Å². The molecule has 0 N–H and O–H groups in total. The molecule has 9 aromatic carbocycles. The van der Waals surface area contributed by atoms with Crippen molar-refractivity contribution >= 4 is 60.5 Å². The van der Waals surface area contributed by atoms with Crippen LogP contribution in [0.15, 0.2) is 180 Å². The van der Waals surface area contributed by atoms with Gasteiger partial charge in [0.05, 0.1) is 11.4 Å². The molecule has 0 saturated carbocycles. The van der Waals surface area contributed by atoms with Gasteiger partial charge in [0.25, 0.3) is 0 Å². The number of benzene rings is 9. The molecule has 0 radical (unpaired) electrons. The van der Waals surface area contributed by atoms with Gasteiger partial charge in [0.15, 0.2) is 0 Å². The highest BCUT2D eigenvalue weighted by atomic mass is 16.3. The Kier molecular flexibility index (Phi) is 6.78. The standard InChI is InChI=1S/C56H41NO/c1-55(2)45-22-12-9-20-43(45)51-47(31-36-15-5-7-17-39(36)53(51)55)57(38-28-25-34(26-29-38)35-27-30-42-41-19-11-14-24-49(41)58-50(42)33-35)48-32-37-16-6-8-18-40(37)54-52(48)44-21-10-13-23-46(44)56(54,3)4/h5-33H,1-4H3. The van der Waals surface area contributed by atoms with Crippen LogP contribution in [-0.2, 0) is 10.8 Å². The van der Waals surface area contributed by atoms with Gasteiger partial charge in [0.1, 0.15) is 11.2 Å². The van der Waals surface area contributed by atoms with Crippen LogP contribution in [-0.4, -0.2) is 0 Å². The fourth-order valence-electron chi connectivity index (χ4n) is 10.7. The highest BCUT2D eigenvalue weighted by Crippen LogP contribution is 2.60. The molecule has 0 amide bonds. The average Bonchev–Trinajstić information content (AvgIpc) is 3.84. The molecule has 0 unspecified atom stereocenters. The predicted octanol–water partition coefficient (Wildman–Crippen LogP) is 15.6. The number of hydrogen-bond acceptors (Lipinski definition) is 2. The molecule has 12 rings (SSSR count). The summed E-state index contributed by atoms with van der Waals surface area (Å²) in [6, 6.07) is 65.1. The molecule has 276 valence electrons. The summed E-state index contributed by atoms with van der Waals surface area (Å²) in [6.45, 7) is 9.60. The summed E-state index contributed by atoms with van der Waals surface area (Å²) in [7, 11) is 0. The first-order valence-corrected chi connectivity index (χ1v) is 20.4. The maximum atomic E-state index is 6.33. The van der Waals surface area contributed by atoms with Crippen LogP contribution in [0.1, 0.15) is 49.9 Å². The molecule has 0 spiro atoms. The summed E-state index contributed by atoms with van der Waals surface area (Å²) in [5.41, 5.74) is 18.0. The number of hydrogen-bond donors (Lipinski definition) is 0. The lowest BCUT2D eigenvalue weighted by Crippen LogP contribution is -2.18. The minimum Gasteiger partial charge on any atom is -0.456 e. The van der Waals surface area contributed by atoms with Crippen LogP contribution in [0.25, 0.3) is 76.9 Å². The number of nitrogens with zero attached hydrogens (tertiary/aromatic N) is 1. The number of furan rings is 1. The molecule has 2 nitrogen and oxygen atoms in total. The van der Waals surface area contributed by atoms with Crippen molar-refractivity contribution in [1.29, 1.82) is 0 Å². The Bertz CT molecular complexity index is 3200. The Morgan fingerprint density at radius 3 is 1.45 bits per heavy atom. The van der Waals surface area contributed by atoms with Crippen LogP contribution < -0.4 is 4.90 Å². The van der Waals surface area contributed by atoms with E-state index >= 15 is 0 Å². The van der Waals surface area contributed by atoms with E-state index in [0.717, 1.165) is 38.8 Å². The van der Waals surface area contributed by atoms with Crippen LogP contribution in [0.5, 0.6) is 0 Å². The van der Waals surface area contributed by atoms with Crippen molar-refractivity contribution in [3.63, 3.8) is 0 Å². The summed E-state index contributed by atoms with van der Waals surface area (Å²) in [5.74, 6) is 0. The van der Waals surface area contributed by atoms with Crippen molar-refractivity contribution in [1.82, 2.24) is 0 Å². The maximum Gasteiger partial charge on any atom is 0.136 e. The lowest BCUT2D eigenvalue weighted by molar-refractivity contribution is 0.666. The van der Waals surface area contributed by atoms with E-state index in [1.807, 2.05) is 12.1 Å². The monoisotopic (exact) mass is 743 g/mol. The van der Waals surface area contributed by atoms with Gasteiger partial charge in [-0.1, -0.05) is 161 Å². The van der Waals surface area contributed by atoms with Crippen molar-refractivity contribution in [3.05, 3.63) is 198 Å². The Morgan fingerprint density at radius 2 is 0.862 bits per heavy atom. The molecule has 0 aliphatic heterocycles. The molecule has 0 atom stereocenters. The van der Waals surface area contributed by atoms with E-state index in [9.17, 15) is 0 Å². The third-order valence-corrected chi connectivity index (χ3v) is 13.4. The zero-order valence-electron chi connectivity index (χ0n) is 33.1. The van der Waals surface area contributed by atoms with E-state index in [-0.39, 0.29) is 10.8 Å². The van der Waals surface area contributed by atoms with Gasteiger partial charge < -0.3 is 9.32 Å². The zero-order chi connectivity index (χ0) is 38.9. The second kappa shape index (κ2) is 11.8. The first kappa shape index (κ1) is 33.3. The van der Waals surface area contributed by atoms with Gasteiger partial charge in [-0.15, -0.1) is 0 Å². The fraction of sp³-hybridized carbons (Fsp3) is 0.107. The summed E-state index contributed by atoms with van der Waals surface area (Å²) >= 11 is 0.